The summed E-state index contributed by atoms with van der Waals surface area (Å²) in [6, 6.07) is 4.75. The summed E-state index contributed by atoms with van der Waals surface area (Å²) in [7, 11) is 1.83. The summed E-state index contributed by atoms with van der Waals surface area (Å²) < 4.78 is 9.38. The third-order valence-corrected chi connectivity index (χ3v) is 8.88. The number of allylic oxidation sites excluding steroid dienone is 8. The van der Waals surface area contributed by atoms with E-state index in [2.05, 4.69) is 84.1 Å². The van der Waals surface area contributed by atoms with E-state index < -0.39 is 23.2 Å². The summed E-state index contributed by atoms with van der Waals surface area (Å²) in [5.41, 5.74) is 5.59. The third-order valence-electron chi connectivity index (χ3n) is 5.27. The first-order valence-corrected chi connectivity index (χ1v) is 12.3. The second-order valence-corrected chi connectivity index (χ2v) is 13.2. The van der Waals surface area contributed by atoms with Crippen LogP contribution in [0.25, 0.3) is 5.57 Å². The first kappa shape index (κ1) is 20.6. The fourth-order valence-electron chi connectivity index (χ4n) is 3.65. The molecule has 0 bridgehead atoms. The van der Waals surface area contributed by atoms with Gasteiger partial charge in [0, 0.05) is 0 Å². The first-order chi connectivity index (χ1) is 12.6. The molecule has 0 aliphatic heterocycles. The fourth-order valence-corrected chi connectivity index (χ4v) is 6.99. The minimum absolute atomic E-state index is 0.0439. The normalized spacial score (nSPS) is 16.9. The van der Waals surface area contributed by atoms with Crippen molar-refractivity contribution >= 4 is 5.57 Å². The summed E-state index contributed by atoms with van der Waals surface area (Å²) in [5.74, 6) is 1.06. The second-order valence-electron chi connectivity index (χ2n) is 9.55. The molecular weight excluding hydrogens is 407 g/mol. The van der Waals surface area contributed by atoms with Gasteiger partial charge in [0.1, 0.15) is 0 Å². The monoisotopic (exact) mass is 438 g/mol. The van der Waals surface area contributed by atoms with E-state index in [0.29, 0.717) is 0 Å². The van der Waals surface area contributed by atoms with Gasteiger partial charge in [0.25, 0.3) is 0 Å². The molecule has 3 rings (SSSR count). The molecule has 0 radical (unpaired) electrons. The second kappa shape index (κ2) is 7.71. The van der Waals surface area contributed by atoms with Crippen molar-refractivity contribution in [1.82, 2.24) is 0 Å². The third kappa shape index (κ3) is 4.48. The minimum atomic E-state index is -0.706. The maximum atomic E-state index is 6.03. The van der Waals surface area contributed by atoms with Crippen LogP contribution in [0, 0.1) is 0 Å². The Hall–Kier alpha value is -1.14. The standard InChI is InChI=1S/C20H27O.C5H5.Zr/c1-19(2,3)15-12-16(14-10-8-9-11-14)18(21-7)17(13-15)20(4,5)6;1-2-4-5-3-1;/h8,10,12-13H,9H2,1-7H3;1-3H,4H2;. The Bertz CT molecular complexity index is 852. The van der Waals surface area contributed by atoms with Crippen molar-refractivity contribution in [2.75, 3.05) is 7.11 Å². The van der Waals surface area contributed by atoms with Gasteiger partial charge >= 0.3 is 177 Å². The molecule has 0 heterocycles. The Morgan fingerprint density at radius 3 is 2.22 bits per heavy atom. The van der Waals surface area contributed by atoms with Gasteiger partial charge in [-0.1, -0.05) is 0 Å². The number of rotatable bonds is 4. The van der Waals surface area contributed by atoms with Crippen LogP contribution in [0.1, 0.15) is 71.1 Å². The summed E-state index contributed by atoms with van der Waals surface area (Å²) in [6.45, 7) is 13.8. The van der Waals surface area contributed by atoms with Gasteiger partial charge in [-0.15, -0.1) is 0 Å². The molecule has 0 N–H and O–H groups in total. The number of methoxy groups -OCH3 is 1. The topological polar surface area (TPSA) is 9.23 Å². The van der Waals surface area contributed by atoms with E-state index in [0.717, 1.165) is 18.6 Å². The number of hydrogen-bond donors (Lipinski definition) is 0. The molecule has 0 amide bonds. The first-order valence-electron chi connectivity index (χ1n) is 9.87. The predicted octanol–water partition coefficient (Wildman–Crippen LogP) is 6.89. The van der Waals surface area contributed by atoms with E-state index in [1.165, 1.54) is 22.3 Å². The molecule has 0 unspecified atom stereocenters. The molecule has 0 saturated carbocycles. The van der Waals surface area contributed by atoms with Crippen molar-refractivity contribution in [1.29, 1.82) is 0 Å². The molecule has 142 valence electrons. The molecule has 0 fully saturated rings. The van der Waals surface area contributed by atoms with E-state index in [1.807, 2.05) is 7.11 Å². The number of hydrogen-bond acceptors (Lipinski definition) is 1. The molecule has 2 heteroatoms. The zero-order valence-corrected chi connectivity index (χ0v) is 20.3. The molecule has 0 atom stereocenters. The Balaban J connectivity index is 2.19. The Morgan fingerprint density at radius 2 is 1.67 bits per heavy atom. The number of benzene rings is 1. The van der Waals surface area contributed by atoms with Crippen LogP contribution in [0.15, 0.2) is 49.1 Å². The van der Waals surface area contributed by atoms with Crippen LogP contribution in [-0.2, 0) is 34.1 Å². The van der Waals surface area contributed by atoms with Crippen molar-refractivity contribution in [3.8, 4) is 5.75 Å². The van der Waals surface area contributed by atoms with Crippen molar-refractivity contribution in [2.45, 2.75) is 65.2 Å². The SMILES string of the molecule is COc1c(C2=[C]([Zr][C]3=CC=CC3)CC=C2)cc(C(C)(C)C)cc1C(C)(C)C. The molecule has 0 aromatic heterocycles. The van der Waals surface area contributed by atoms with Gasteiger partial charge in [0.15, 0.2) is 0 Å². The van der Waals surface area contributed by atoms with Crippen LogP contribution in [0.4, 0.5) is 0 Å². The van der Waals surface area contributed by atoms with Crippen molar-refractivity contribution < 1.29 is 28.0 Å². The maximum absolute atomic E-state index is 6.03. The van der Waals surface area contributed by atoms with E-state index in [9.17, 15) is 0 Å². The van der Waals surface area contributed by atoms with Crippen molar-refractivity contribution in [3.05, 3.63) is 65.8 Å². The molecular formula is C25H32OZr. The van der Waals surface area contributed by atoms with Gasteiger partial charge in [-0.3, -0.25) is 0 Å². The van der Waals surface area contributed by atoms with Crippen LogP contribution in [0.5, 0.6) is 5.75 Å². The Kier molecular flexibility index (Phi) is 5.88. The van der Waals surface area contributed by atoms with Gasteiger partial charge in [-0.05, 0) is 0 Å². The van der Waals surface area contributed by atoms with Crippen LogP contribution in [-0.4, -0.2) is 7.11 Å². The molecule has 2 aliphatic rings. The van der Waals surface area contributed by atoms with Gasteiger partial charge in [-0.2, -0.15) is 0 Å². The summed E-state index contributed by atoms with van der Waals surface area (Å²) in [4.78, 5) is 0. The zero-order valence-electron chi connectivity index (χ0n) is 17.9. The molecule has 1 aromatic rings. The van der Waals surface area contributed by atoms with E-state index in [4.69, 9.17) is 4.74 Å². The molecule has 2 aliphatic carbocycles. The van der Waals surface area contributed by atoms with Crippen LogP contribution in [0.3, 0.4) is 0 Å². The number of ether oxygens (including phenoxy) is 1. The van der Waals surface area contributed by atoms with Crippen LogP contribution in [0.2, 0.25) is 0 Å². The van der Waals surface area contributed by atoms with Crippen LogP contribution >= 0.6 is 0 Å². The predicted molar refractivity (Wildman–Crippen MR) is 113 cm³/mol. The Morgan fingerprint density at radius 1 is 0.926 bits per heavy atom. The summed E-state index contributed by atoms with van der Waals surface area (Å²) >= 11 is -0.706. The van der Waals surface area contributed by atoms with E-state index in [-0.39, 0.29) is 10.8 Å². The summed E-state index contributed by atoms with van der Waals surface area (Å²) in [6.07, 6.45) is 13.8. The van der Waals surface area contributed by atoms with Gasteiger partial charge in [0.2, 0.25) is 0 Å². The van der Waals surface area contributed by atoms with E-state index >= 15 is 0 Å². The van der Waals surface area contributed by atoms with Crippen molar-refractivity contribution in [3.63, 3.8) is 0 Å². The average Bonchev–Trinajstić information content (AvgIpc) is 3.24. The zero-order chi connectivity index (χ0) is 19.8. The van der Waals surface area contributed by atoms with Gasteiger partial charge in [-0.25, -0.2) is 0 Å². The molecule has 1 nitrogen and oxygen atoms in total. The van der Waals surface area contributed by atoms with E-state index in [1.54, 1.807) is 6.56 Å². The molecule has 0 spiro atoms. The van der Waals surface area contributed by atoms with Crippen LogP contribution < -0.4 is 4.74 Å². The fraction of sp³-hybridized carbons (Fsp3) is 0.440. The van der Waals surface area contributed by atoms with Crippen molar-refractivity contribution in [2.24, 2.45) is 0 Å². The summed E-state index contributed by atoms with van der Waals surface area (Å²) in [5, 5.41) is 0. The quantitative estimate of drug-likeness (QED) is 0.496. The molecule has 27 heavy (non-hydrogen) atoms. The molecule has 0 saturated heterocycles. The molecule has 1 aromatic carbocycles. The average molecular weight is 440 g/mol. The van der Waals surface area contributed by atoms with Gasteiger partial charge < -0.3 is 0 Å². The Labute approximate surface area is 176 Å². The van der Waals surface area contributed by atoms with Gasteiger partial charge in [0.05, 0.1) is 0 Å².